The second-order valence-corrected chi connectivity index (χ2v) is 3.99. The van der Waals surface area contributed by atoms with Crippen molar-refractivity contribution in [2.75, 3.05) is 13.2 Å². The van der Waals surface area contributed by atoms with Crippen molar-refractivity contribution < 1.29 is 0 Å². The maximum atomic E-state index is 5.17. The largest absolute Gasteiger partial charge is 0.303 e. The number of nitrogens with one attached hydrogen (secondary N) is 2. The third kappa shape index (κ3) is 3.63. The third-order valence-electron chi connectivity index (χ3n) is 2.75. The van der Waals surface area contributed by atoms with Crippen LogP contribution in [-0.4, -0.2) is 13.2 Å². The summed E-state index contributed by atoms with van der Waals surface area (Å²) in [6.07, 6.45) is 1.05. The van der Waals surface area contributed by atoms with Gasteiger partial charge in [-0.3, -0.25) is 5.84 Å². The van der Waals surface area contributed by atoms with E-state index in [0.29, 0.717) is 6.67 Å². The first-order chi connectivity index (χ1) is 7.15. The molecule has 3 nitrogen and oxygen atoms in total. The molecule has 1 aromatic rings. The van der Waals surface area contributed by atoms with Crippen LogP contribution in [0.2, 0.25) is 0 Å². The Kier molecular flexibility index (Phi) is 4.75. The number of rotatable bonds is 5. The molecule has 0 saturated carbocycles. The van der Waals surface area contributed by atoms with E-state index in [9.17, 15) is 0 Å². The maximum absolute atomic E-state index is 5.17. The first-order valence-electron chi connectivity index (χ1n) is 5.36. The monoisotopic (exact) mass is 207 g/mol. The molecule has 4 N–H and O–H groups in total. The van der Waals surface area contributed by atoms with Gasteiger partial charge < -0.3 is 5.32 Å². The summed E-state index contributed by atoms with van der Waals surface area (Å²) in [4.78, 5) is 0. The predicted octanol–water partition coefficient (Wildman–Crippen LogP) is 1.16. The first-order valence-corrected chi connectivity index (χ1v) is 5.36. The molecule has 0 aliphatic heterocycles. The minimum atomic E-state index is 0.657. The summed E-state index contributed by atoms with van der Waals surface area (Å²) in [5, 5.41) is 3.21. The van der Waals surface area contributed by atoms with Gasteiger partial charge in [0.2, 0.25) is 0 Å². The Bertz CT molecular complexity index is 321. The summed E-state index contributed by atoms with van der Waals surface area (Å²) < 4.78 is 0. The SMILES string of the molecule is Cc1cc(C)c(CCNCNN)cc1C. The van der Waals surface area contributed by atoms with Gasteiger partial charge in [0.05, 0.1) is 6.67 Å². The van der Waals surface area contributed by atoms with E-state index in [2.05, 4.69) is 43.6 Å². The van der Waals surface area contributed by atoms with Crippen molar-refractivity contribution in [1.82, 2.24) is 10.7 Å². The van der Waals surface area contributed by atoms with Crippen molar-refractivity contribution >= 4 is 0 Å². The highest BCUT2D eigenvalue weighted by atomic mass is 15.3. The molecular formula is C12H21N3. The lowest BCUT2D eigenvalue weighted by molar-refractivity contribution is 0.601. The molecule has 0 spiro atoms. The Morgan fingerprint density at radius 3 is 2.40 bits per heavy atom. The highest BCUT2D eigenvalue weighted by Crippen LogP contribution is 2.15. The number of hydrogen-bond acceptors (Lipinski definition) is 3. The van der Waals surface area contributed by atoms with Crippen LogP contribution in [0.5, 0.6) is 0 Å². The summed E-state index contributed by atoms with van der Waals surface area (Å²) in [5.74, 6) is 5.17. The van der Waals surface area contributed by atoms with Gasteiger partial charge in [0.1, 0.15) is 0 Å². The molecular weight excluding hydrogens is 186 g/mol. The quantitative estimate of drug-likeness (QED) is 0.294. The van der Waals surface area contributed by atoms with Crippen LogP contribution >= 0.6 is 0 Å². The summed E-state index contributed by atoms with van der Waals surface area (Å²) in [7, 11) is 0. The lowest BCUT2D eigenvalue weighted by Gasteiger charge is -2.10. The molecule has 0 aliphatic carbocycles. The van der Waals surface area contributed by atoms with Gasteiger partial charge in [0, 0.05) is 6.54 Å². The van der Waals surface area contributed by atoms with Crippen molar-refractivity contribution in [2.45, 2.75) is 27.2 Å². The van der Waals surface area contributed by atoms with Gasteiger partial charge in [-0.15, -0.1) is 0 Å². The second-order valence-electron chi connectivity index (χ2n) is 3.99. The van der Waals surface area contributed by atoms with Crippen LogP contribution in [0.3, 0.4) is 0 Å². The van der Waals surface area contributed by atoms with E-state index in [-0.39, 0.29) is 0 Å². The lowest BCUT2D eigenvalue weighted by Crippen LogP contribution is -2.34. The third-order valence-corrected chi connectivity index (χ3v) is 2.75. The molecule has 0 bridgehead atoms. The highest BCUT2D eigenvalue weighted by molar-refractivity contribution is 5.36. The van der Waals surface area contributed by atoms with E-state index in [4.69, 9.17) is 5.84 Å². The number of aryl methyl sites for hydroxylation is 3. The van der Waals surface area contributed by atoms with E-state index in [1.165, 1.54) is 22.3 Å². The van der Waals surface area contributed by atoms with Crippen molar-refractivity contribution in [2.24, 2.45) is 5.84 Å². The van der Waals surface area contributed by atoms with E-state index in [0.717, 1.165) is 13.0 Å². The minimum absolute atomic E-state index is 0.657. The molecule has 0 heterocycles. The van der Waals surface area contributed by atoms with Gasteiger partial charge >= 0.3 is 0 Å². The van der Waals surface area contributed by atoms with Crippen LogP contribution in [-0.2, 0) is 6.42 Å². The molecule has 1 aromatic carbocycles. The Morgan fingerprint density at radius 1 is 1.07 bits per heavy atom. The van der Waals surface area contributed by atoms with Crippen LogP contribution in [0, 0.1) is 20.8 Å². The van der Waals surface area contributed by atoms with Crippen molar-refractivity contribution in [3.8, 4) is 0 Å². The van der Waals surface area contributed by atoms with E-state index in [1.54, 1.807) is 0 Å². The van der Waals surface area contributed by atoms with Crippen LogP contribution in [0.15, 0.2) is 12.1 Å². The van der Waals surface area contributed by atoms with Crippen LogP contribution in [0.1, 0.15) is 22.3 Å². The summed E-state index contributed by atoms with van der Waals surface area (Å²) >= 11 is 0. The lowest BCUT2D eigenvalue weighted by atomic mass is 9.99. The van der Waals surface area contributed by atoms with E-state index in [1.807, 2.05) is 0 Å². The Labute approximate surface area is 92.0 Å². The zero-order valence-electron chi connectivity index (χ0n) is 9.85. The molecule has 84 valence electrons. The first kappa shape index (κ1) is 12.2. The average Bonchev–Trinajstić information content (AvgIpc) is 2.20. The average molecular weight is 207 g/mol. The Hall–Kier alpha value is -0.900. The molecule has 0 amide bonds. The number of nitrogens with two attached hydrogens (primary N) is 1. The van der Waals surface area contributed by atoms with Crippen molar-refractivity contribution in [1.29, 1.82) is 0 Å². The zero-order chi connectivity index (χ0) is 11.3. The molecule has 0 unspecified atom stereocenters. The van der Waals surface area contributed by atoms with Crippen molar-refractivity contribution in [3.05, 3.63) is 34.4 Å². The van der Waals surface area contributed by atoms with Crippen LogP contribution in [0.25, 0.3) is 0 Å². The fourth-order valence-corrected chi connectivity index (χ4v) is 1.67. The number of benzene rings is 1. The molecule has 15 heavy (non-hydrogen) atoms. The number of hydrogen-bond donors (Lipinski definition) is 3. The van der Waals surface area contributed by atoms with Gasteiger partial charge in [0.25, 0.3) is 0 Å². The van der Waals surface area contributed by atoms with Crippen LogP contribution in [0.4, 0.5) is 0 Å². The molecule has 1 rings (SSSR count). The standard InChI is InChI=1S/C12H21N3/c1-9-6-11(3)12(7-10(9)2)4-5-14-8-15-13/h6-7,14-15H,4-5,8,13H2,1-3H3. The van der Waals surface area contributed by atoms with E-state index >= 15 is 0 Å². The molecule has 0 fully saturated rings. The fourth-order valence-electron chi connectivity index (χ4n) is 1.67. The summed E-state index contributed by atoms with van der Waals surface area (Å²) in [6, 6.07) is 4.54. The molecule has 0 radical (unpaired) electrons. The Balaban J connectivity index is 2.57. The van der Waals surface area contributed by atoms with Gasteiger partial charge in [-0.1, -0.05) is 12.1 Å². The molecule has 3 heteroatoms. The van der Waals surface area contributed by atoms with Gasteiger partial charge in [-0.2, -0.15) is 0 Å². The topological polar surface area (TPSA) is 50.1 Å². The molecule has 0 atom stereocenters. The van der Waals surface area contributed by atoms with E-state index < -0.39 is 0 Å². The van der Waals surface area contributed by atoms with Gasteiger partial charge in [-0.05, 0) is 49.4 Å². The van der Waals surface area contributed by atoms with Gasteiger partial charge in [0.15, 0.2) is 0 Å². The fraction of sp³-hybridized carbons (Fsp3) is 0.500. The summed E-state index contributed by atoms with van der Waals surface area (Å²) in [5.41, 5.74) is 8.11. The predicted molar refractivity (Wildman–Crippen MR) is 64.5 cm³/mol. The minimum Gasteiger partial charge on any atom is -0.303 e. The molecule has 0 aliphatic rings. The molecule has 0 saturated heterocycles. The van der Waals surface area contributed by atoms with Gasteiger partial charge in [-0.25, -0.2) is 5.43 Å². The number of hydrazine groups is 1. The Morgan fingerprint density at radius 2 is 1.73 bits per heavy atom. The summed E-state index contributed by atoms with van der Waals surface area (Å²) in [6.45, 7) is 8.09. The second kappa shape index (κ2) is 5.85. The highest BCUT2D eigenvalue weighted by Gasteiger charge is 2.01. The zero-order valence-corrected chi connectivity index (χ0v) is 9.85. The normalized spacial score (nSPS) is 10.7. The smallest absolute Gasteiger partial charge is 0.0587 e. The maximum Gasteiger partial charge on any atom is 0.0587 e. The van der Waals surface area contributed by atoms with Crippen molar-refractivity contribution in [3.63, 3.8) is 0 Å². The molecule has 0 aromatic heterocycles. The van der Waals surface area contributed by atoms with Crippen LogP contribution < -0.4 is 16.6 Å².